The summed E-state index contributed by atoms with van der Waals surface area (Å²) >= 11 is 3.51. The first kappa shape index (κ1) is 12.2. The summed E-state index contributed by atoms with van der Waals surface area (Å²) in [5, 5.41) is 3.45. The Morgan fingerprint density at radius 3 is 2.82 bits per heavy atom. The average molecular weight is 293 g/mol. The highest BCUT2D eigenvalue weighted by Crippen LogP contribution is 2.20. The van der Waals surface area contributed by atoms with Crippen LogP contribution in [0.4, 0.5) is 5.69 Å². The van der Waals surface area contributed by atoms with Crippen molar-refractivity contribution in [2.75, 3.05) is 5.32 Å². The largest absolute Gasteiger partial charge is 0.379 e. The number of anilines is 1. The molecule has 1 heterocycles. The van der Waals surface area contributed by atoms with Crippen LogP contribution in [0.1, 0.15) is 18.2 Å². The van der Waals surface area contributed by atoms with Crippen molar-refractivity contribution in [2.24, 2.45) is 0 Å². The molecular formula is C14H17BrN2. The van der Waals surface area contributed by atoms with Crippen molar-refractivity contribution >= 4 is 21.6 Å². The van der Waals surface area contributed by atoms with Gasteiger partial charge < -0.3 is 9.88 Å². The van der Waals surface area contributed by atoms with Gasteiger partial charge in [-0.3, -0.25) is 0 Å². The molecule has 0 saturated carbocycles. The predicted molar refractivity (Wildman–Crippen MR) is 76.3 cm³/mol. The second-order valence-electron chi connectivity index (χ2n) is 4.10. The summed E-state index contributed by atoms with van der Waals surface area (Å²) in [7, 11) is 0. The summed E-state index contributed by atoms with van der Waals surface area (Å²) in [5.41, 5.74) is 3.73. The van der Waals surface area contributed by atoms with Gasteiger partial charge in [-0.15, -0.1) is 0 Å². The van der Waals surface area contributed by atoms with Crippen LogP contribution in [-0.2, 0) is 13.1 Å². The fourth-order valence-electron chi connectivity index (χ4n) is 1.87. The van der Waals surface area contributed by atoms with Gasteiger partial charge in [-0.2, -0.15) is 0 Å². The second-order valence-corrected chi connectivity index (χ2v) is 4.96. The molecular weight excluding hydrogens is 276 g/mol. The maximum absolute atomic E-state index is 3.51. The number of nitrogens with zero attached hydrogens (tertiary/aromatic N) is 1. The van der Waals surface area contributed by atoms with Crippen LogP contribution in [-0.4, -0.2) is 4.57 Å². The molecule has 0 radical (unpaired) electrons. The van der Waals surface area contributed by atoms with E-state index in [4.69, 9.17) is 0 Å². The van der Waals surface area contributed by atoms with Gasteiger partial charge in [0.25, 0.3) is 0 Å². The van der Waals surface area contributed by atoms with Gasteiger partial charge in [-0.05, 0) is 49.7 Å². The molecule has 1 N–H and O–H groups in total. The Bertz CT molecular complexity index is 503. The molecule has 0 spiro atoms. The Morgan fingerprint density at radius 2 is 2.12 bits per heavy atom. The lowest BCUT2D eigenvalue weighted by Crippen LogP contribution is -2.05. The summed E-state index contributed by atoms with van der Waals surface area (Å²) in [6.45, 7) is 6.14. The smallest absolute Gasteiger partial charge is 0.0553 e. The zero-order valence-corrected chi connectivity index (χ0v) is 11.8. The van der Waals surface area contributed by atoms with E-state index in [0.29, 0.717) is 0 Å². The van der Waals surface area contributed by atoms with Crippen molar-refractivity contribution in [3.63, 3.8) is 0 Å². The van der Waals surface area contributed by atoms with E-state index in [-0.39, 0.29) is 0 Å². The van der Waals surface area contributed by atoms with Crippen molar-refractivity contribution in [1.82, 2.24) is 4.57 Å². The van der Waals surface area contributed by atoms with E-state index in [0.717, 1.165) is 23.2 Å². The van der Waals surface area contributed by atoms with E-state index in [1.54, 1.807) is 0 Å². The molecule has 2 aromatic rings. The summed E-state index contributed by atoms with van der Waals surface area (Å²) in [6.07, 6.45) is 2.11. The van der Waals surface area contributed by atoms with Crippen LogP contribution in [0.3, 0.4) is 0 Å². The number of benzene rings is 1. The maximum atomic E-state index is 3.51. The standard InChI is InChI=1S/C14H17BrN2/c1-3-17-8-4-5-13(17)10-16-12-6-7-14(15)11(2)9-12/h4-9,16H,3,10H2,1-2H3. The first-order valence-corrected chi connectivity index (χ1v) is 6.64. The summed E-state index contributed by atoms with van der Waals surface area (Å²) in [4.78, 5) is 0. The lowest BCUT2D eigenvalue weighted by atomic mass is 10.2. The normalized spacial score (nSPS) is 10.5. The molecule has 0 amide bonds. The number of hydrogen-bond acceptors (Lipinski definition) is 1. The summed E-state index contributed by atoms with van der Waals surface area (Å²) < 4.78 is 3.40. The molecule has 0 aliphatic heterocycles. The van der Waals surface area contributed by atoms with Crippen molar-refractivity contribution in [3.8, 4) is 0 Å². The van der Waals surface area contributed by atoms with E-state index in [9.17, 15) is 0 Å². The summed E-state index contributed by atoms with van der Waals surface area (Å²) in [6, 6.07) is 10.6. The Balaban J connectivity index is 2.05. The highest BCUT2D eigenvalue weighted by Gasteiger charge is 2.00. The highest BCUT2D eigenvalue weighted by atomic mass is 79.9. The van der Waals surface area contributed by atoms with Crippen LogP contribution >= 0.6 is 15.9 Å². The fraction of sp³-hybridized carbons (Fsp3) is 0.286. The third kappa shape index (κ3) is 2.91. The lowest BCUT2D eigenvalue weighted by molar-refractivity contribution is 0.724. The van der Waals surface area contributed by atoms with Gasteiger partial charge in [0.2, 0.25) is 0 Å². The van der Waals surface area contributed by atoms with Gasteiger partial charge in [0.1, 0.15) is 0 Å². The third-order valence-electron chi connectivity index (χ3n) is 2.90. The molecule has 0 aliphatic rings. The van der Waals surface area contributed by atoms with E-state index >= 15 is 0 Å². The third-order valence-corrected chi connectivity index (χ3v) is 3.79. The Labute approximate surface area is 111 Å². The number of aromatic nitrogens is 1. The van der Waals surface area contributed by atoms with Gasteiger partial charge in [0.05, 0.1) is 6.54 Å². The Morgan fingerprint density at radius 1 is 1.29 bits per heavy atom. The molecule has 17 heavy (non-hydrogen) atoms. The molecule has 90 valence electrons. The molecule has 2 rings (SSSR count). The van der Waals surface area contributed by atoms with E-state index in [1.807, 2.05) is 0 Å². The topological polar surface area (TPSA) is 17.0 Å². The van der Waals surface area contributed by atoms with Crippen LogP contribution in [0.25, 0.3) is 0 Å². The molecule has 3 heteroatoms. The van der Waals surface area contributed by atoms with Crippen molar-refractivity contribution in [1.29, 1.82) is 0 Å². The predicted octanol–water partition coefficient (Wildman–Crippen LogP) is 4.19. The minimum atomic E-state index is 0.863. The molecule has 0 unspecified atom stereocenters. The zero-order chi connectivity index (χ0) is 12.3. The van der Waals surface area contributed by atoms with Gasteiger partial charge in [0.15, 0.2) is 0 Å². The lowest BCUT2D eigenvalue weighted by Gasteiger charge is -2.10. The molecule has 2 nitrogen and oxygen atoms in total. The van der Waals surface area contributed by atoms with Crippen molar-refractivity contribution < 1.29 is 0 Å². The van der Waals surface area contributed by atoms with Crippen LogP contribution in [0.5, 0.6) is 0 Å². The molecule has 0 atom stereocenters. The van der Waals surface area contributed by atoms with Crippen LogP contribution in [0.2, 0.25) is 0 Å². The van der Waals surface area contributed by atoms with Gasteiger partial charge in [-0.25, -0.2) is 0 Å². The highest BCUT2D eigenvalue weighted by molar-refractivity contribution is 9.10. The van der Waals surface area contributed by atoms with E-state index in [2.05, 4.69) is 76.2 Å². The molecule has 1 aromatic carbocycles. The van der Waals surface area contributed by atoms with Crippen molar-refractivity contribution in [3.05, 3.63) is 52.3 Å². The van der Waals surface area contributed by atoms with Crippen LogP contribution in [0, 0.1) is 6.92 Å². The molecule has 1 aromatic heterocycles. The number of hydrogen-bond donors (Lipinski definition) is 1. The van der Waals surface area contributed by atoms with Gasteiger partial charge in [0, 0.05) is 28.6 Å². The number of aryl methyl sites for hydroxylation is 2. The first-order chi connectivity index (χ1) is 8.20. The molecule has 0 saturated heterocycles. The minimum Gasteiger partial charge on any atom is -0.379 e. The summed E-state index contributed by atoms with van der Waals surface area (Å²) in [5.74, 6) is 0. The SMILES string of the molecule is CCn1cccc1CNc1ccc(Br)c(C)c1. The number of halogens is 1. The van der Waals surface area contributed by atoms with Gasteiger partial charge in [-0.1, -0.05) is 15.9 Å². The molecule has 0 fully saturated rings. The van der Waals surface area contributed by atoms with E-state index < -0.39 is 0 Å². The minimum absolute atomic E-state index is 0.863. The quantitative estimate of drug-likeness (QED) is 0.894. The maximum Gasteiger partial charge on any atom is 0.0553 e. The first-order valence-electron chi connectivity index (χ1n) is 5.84. The van der Waals surface area contributed by atoms with Gasteiger partial charge >= 0.3 is 0 Å². The molecule has 0 aliphatic carbocycles. The Kier molecular flexibility index (Phi) is 3.89. The number of rotatable bonds is 4. The zero-order valence-electron chi connectivity index (χ0n) is 10.2. The number of nitrogens with one attached hydrogen (secondary N) is 1. The van der Waals surface area contributed by atoms with E-state index in [1.165, 1.54) is 11.3 Å². The fourth-order valence-corrected chi connectivity index (χ4v) is 2.11. The monoisotopic (exact) mass is 292 g/mol. The van der Waals surface area contributed by atoms with Crippen LogP contribution in [0.15, 0.2) is 41.0 Å². The Hall–Kier alpha value is -1.22. The van der Waals surface area contributed by atoms with Crippen LogP contribution < -0.4 is 5.32 Å². The average Bonchev–Trinajstić information content (AvgIpc) is 2.78. The van der Waals surface area contributed by atoms with Crippen molar-refractivity contribution in [2.45, 2.75) is 26.9 Å². The second kappa shape index (κ2) is 5.41. The molecule has 0 bridgehead atoms.